The summed E-state index contributed by atoms with van der Waals surface area (Å²) in [4.78, 5) is 27.2. The summed E-state index contributed by atoms with van der Waals surface area (Å²) < 4.78 is 3.13. The number of rotatable bonds is 6. The van der Waals surface area contributed by atoms with Crippen LogP contribution in [-0.4, -0.2) is 46.3 Å². The van der Waals surface area contributed by atoms with Crippen molar-refractivity contribution in [2.24, 2.45) is 5.92 Å². The Labute approximate surface area is 183 Å². The van der Waals surface area contributed by atoms with E-state index in [0.29, 0.717) is 30.2 Å². The number of aromatic nitrogens is 2. The lowest BCUT2D eigenvalue weighted by molar-refractivity contribution is -0.119. The molecule has 2 heterocycles. The Hall–Kier alpha value is -2.91. The van der Waals surface area contributed by atoms with E-state index in [0.717, 1.165) is 16.3 Å². The summed E-state index contributed by atoms with van der Waals surface area (Å²) in [6.45, 7) is 0.956. The van der Waals surface area contributed by atoms with E-state index < -0.39 is 0 Å². The molecule has 2 aromatic carbocycles. The third-order valence-corrected chi connectivity index (χ3v) is 6.18. The van der Waals surface area contributed by atoms with Crippen molar-refractivity contribution in [3.8, 4) is 10.6 Å². The van der Waals surface area contributed by atoms with Crippen molar-refractivity contribution in [3.63, 3.8) is 0 Å². The highest BCUT2D eigenvalue weighted by Gasteiger charge is 2.32. The van der Waals surface area contributed by atoms with E-state index in [1.54, 1.807) is 11.0 Å². The fraction of sp³-hybridized carbons (Fsp3) is 0.238. The molecule has 3 aromatic rings. The topological polar surface area (TPSA) is 87.2 Å². The van der Waals surface area contributed by atoms with Crippen LogP contribution in [0, 0.1) is 5.92 Å². The van der Waals surface area contributed by atoms with Crippen molar-refractivity contribution in [2.75, 3.05) is 29.4 Å². The summed E-state index contributed by atoms with van der Waals surface area (Å²) in [5, 5.41) is 12.3. The average Bonchev–Trinajstić information content (AvgIpc) is 3.44. The maximum absolute atomic E-state index is 12.8. The Morgan fingerprint density at radius 2 is 1.97 bits per heavy atom. The first-order valence-corrected chi connectivity index (χ1v) is 11.6. The summed E-state index contributed by atoms with van der Waals surface area (Å²) in [7, 11) is 0. The van der Waals surface area contributed by atoms with Gasteiger partial charge in [0.15, 0.2) is 0 Å². The monoisotopic (exact) mass is 439 g/mol. The molecule has 1 unspecified atom stereocenters. The van der Waals surface area contributed by atoms with Gasteiger partial charge >= 0.3 is 0 Å². The first-order valence-electron chi connectivity index (χ1n) is 9.52. The van der Waals surface area contributed by atoms with E-state index in [1.165, 1.54) is 23.3 Å². The van der Waals surface area contributed by atoms with Crippen LogP contribution in [-0.2, 0) is 4.79 Å². The van der Waals surface area contributed by atoms with Crippen LogP contribution in [0.2, 0.25) is 0 Å². The Balaban J connectivity index is 1.36. The number of amides is 2. The number of anilines is 2. The molecule has 0 bridgehead atoms. The third-order valence-electron chi connectivity index (χ3n) is 4.85. The molecule has 0 saturated carbocycles. The minimum Gasteiger partial charge on any atom is -0.338 e. The second-order valence-corrected chi connectivity index (χ2v) is 8.48. The standard InChI is InChI=1S/C21H21N5O2S2/c1-29-25-17-9-5-8-15(12-17)20(28)26-11-10-16(13-26)18(27)22-21-24-23-19(30-21)14-6-3-2-4-7-14/h2-9,12,16,25H,10-11,13H2,1H3,(H,22,24,27). The predicted molar refractivity (Wildman–Crippen MR) is 122 cm³/mol. The summed E-state index contributed by atoms with van der Waals surface area (Å²) in [6.07, 6.45) is 2.56. The number of nitrogens with one attached hydrogen (secondary N) is 2. The van der Waals surface area contributed by atoms with Crippen molar-refractivity contribution >= 4 is 45.9 Å². The molecule has 7 nitrogen and oxygen atoms in total. The van der Waals surface area contributed by atoms with Crippen molar-refractivity contribution < 1.29 is 9.59 Å². The third kappa shape index (κ3) is 4.63. The summed E-state index contributed by atoms with van der Waals surface area (Å²) >= 11 is 2.81. The van der Waals surface area contributed by atoms with Gasteiger partial charge in [-0.1, -0.05) is 59.7 Å². The molecule has 2 N–H and O–H groups in total. The van der Waals surface area contributed by atoms with Crippen LogP contribution < -0.4 is 10.0 Å². The SMILES string of the molecule is CSNc1cccc(C(=O)N2CCC(C(=O)Nc3nnc(-c4ccccc4)s3)C2)c1. The van der Waals surface area contributed by atoms with Gasteiger partial charge in [-0.15, -0.1) is 10.2 Å². The molecular weight excluding hydrogens is 418 g/mol. The number of hydrogen-bond acceptors (Lipinski definition) is 7. The van der Waals surface area contributed by atoms with Crippen LogP contribution in [0.25, 0.3) is 10.6 Å². The van der Waals surface area contributed by atoms with E-state index >= 15 is 0 Å². The van der Waals surface area contributed by atoms with Crippen molar-refractivity contribution in [1.29, 1.82) is 0 Å². The molecule has 4 rings (SSSR count). The number of hydrogen-bond donors (Lipinski definition) is 2. The Morgan fingerprint density at radius 1 is 1.13 bits per heavy atom. The van der Waals surface area contributed by atoms with Gasteiger partial charge in [-0.25, -0.2) is 0 Å². The highest BCUT2D eigenvalue weighted by molar-refractivity contribution is 7.99. The molecule has 2 amide bonds. The van der Waals surface area contributed by atoms with Crippen LogP contribution in [0.1, 0.15) is 16.8 Å². The highest BCUT2D eigenvalue weighted by atomic mass is 32.2. The Morgan fingerprint density at radius 3 is 2.77 bits per heavy atom. The van der Waals surface area contributed by atoms with Crippen molar-refractivity contribution in [1.82, 2.24) is 15.1 Å². The van der Waals surface area contributed by atoms with Crippen LogP contribution in [0.3, 0.4) is 0 Å². The van der Waals surface area contributed by atoms with Crippen LogP contribution >= 0.6 is 23.3 Å². The van der Waals surface area contributed by atoms with Gasteiger partial charge < -0.3 is 14.9 Å². The van der Waals surface area contributed by atoms with Gasteiger partial charge in [0.05, 0.1) is 5.92 Å². The maximum atomic E-state index is 12.8. The molecular formula is C21H21N5O2S2. The predicted octanol–water partition coefficient (Wildman–Crippen LogP) is 4.00. The van der Waals surface area contributed by atoms with Crippen molar-refractivity contribution in [2.45, 2.75) is 6.42 Å². The lowest BCUT2D eigenvalue weighted by Crippen LogP contribution is -2.31. The smallest absolute Gasteiger partial charge is 0.253 e. The van der Waals surface area contributed by atoms with E-state index in [1.807, 2.05) is 54.8 Å². The largest absolute Gasteiger partial charge is 0.338 e. The summed E-state index contributed by atoms with van der Waals surface area (Å²) in [5.74, 6) is -0.443. The zero-order chi connectivity index (χ0) is 20.9. The number of nitrogens with zero attached hydrogens (tertiary/aromatic N) is 3. The van der Waals surface area contributed by atoms with E-state index in [4.69, 9.17) is 0 Å². The number of benzene rings is 2. The summed E-state index contributed by atoms with van der Waals surface area (Å²) in [6, 6.07) is 17.1. The second kappa shape index (κ2) is 9.27. The van der Waals surface area contributed by atoms with Gasteiger partial charge in [0.1, 0.15) is 5.01 Å². The lowest BCUT2D eigenvalue weighted by Gasteiger charge is -2.17. The van der Waals surface area contributed by atoms with Gasteiger partial charge in [-0.2, -0.15) is 0 Å². The molecule has 1 aliphatic heterocycles. The zero-order valence-corrected chi connectivity index (χ0v) is 18.0. The molecule has 9 heteroatoms. The minimum absolute atomic E-state index is 0.0580. The Kier molecular flexibility index (Phi) is 6.29. The molecule has 1 aliphatic rings. The first-order chi connectivity index (χ1) is 14.6. The average molecular weight is 440 g/mol. The molecule has 0 aliphatic carbocycles. The van der Waals surface area contributed by atoms with Gasteiger partial charge in [0.25, 0.3) is 5.91 Å². The molecule has 1 atom stereocenters. The molecule has 1 saturated heterocycles. The van der Waals surface area contributed by atoms with Gasteiger partial charge in [0, 0.05) is 36.2 Å². The fourth-order valence-corrected chi connectivity index (χ4v) is 4.47. The minimum atomic E-state index is -0.259. The van der Waals surface area contributed by atoms with Crippen LogP contribution in [0.4, 0.5) is 10.8 Å². The quantitative estimate of drug-likeness (QED) is 0.565. The first kappa shape index (κ1) is 20.4. The van der Waals surface area contributed by atoms with Crippen LogP contribution in [0.15, 0.2) is 54.6 Å². The lowest BCUT2D eigenvalue weighted by atomic mass is 10.1. The molecule has 1 aromatic heterocycles. The van der Waals surface area contributed by atoms with Gasteiger partial charge in [0.2, 0.25) is 11.0 Å². The van der Waals surface area contributed by atoms with E-state index in [2.05, 4.69) is 20.2 Å². The molecule has 30 heavy (non-hydrogen) atoms. The Bertz CT molecular complexity index is 1040. The number of carbonyl (C=O) groups excluding carboxylic acids is 2. The normalized spacial score (nSPS) is 15.8. The molecule has 1 fully saturated rings. The fourth-order valence-electron chi connectivity index (χ4n) is 3.35. The molecule has 154 valence electrons. The summed E-state index contributed by atoms with van der Waals surface area (Å²) in [5.41, 5.74) is 2.46. The van der Waals surface area contributed by atoms with Gasteiger partial charge in [-0.3, -0.25) is 9.59 Å². The molecule has 0 radical (unpaired) electrons. The van der Waals surface area contributed by atoms with Crippen LogP contribution in [0.5, 0.6) is 0 Å². The maximum Gasteiger partial charge on any atom is 0.253 e. The zero-order valence-electron chi connectivity index (χ0n) is 16.4. The van der Waals surface area contributed by atoms with E-state index in [9.17, 15) is 9.59 Å². The van der Waals surface area contributed by atoms with E-state index in [-0.39, 0.29) is 17.7 Å². The second-order valence-electron chi connectivity index (χ2n) is 6.89. The highest BCUT2D eigenvalue weighted by Crippen LogP contribution is 2.27. The van der Waals surface area contributed by atoms with Crippen molar-refractivity contribution in [3.05, 3.63) is 60.2 Å². The number of carbonyl (C=O) groups is 2. The molecule has 0 spiro atoms. The number of likely N-dealkylation sites (tertiary alicyclic amines) is 1. The van der Waals surface area contributed by atoms with Gasteiger partial charge in [-0.05, 0) is 24.6 Å².